The van der Waals surface area contributed by atoms with Crippen LogP contribution in [0.5, 0.6) is 0 Å². The van der Waals surface area contributed by atoms with Crippen molar-refractivity contribution in [2.45, 2.75) is 13.1 Å². The van der Waals surface area contributed by atoms with Gasteiger partial charge in [-0.25, -0.2) is 4.39 Å². The molecule has 0 aliphatic heterocycles. The largest absolute Gasteiger partial charge is 0.337 e. The minimum atomic E-state index is -0.424. The summed E-state index contributed by atoms with van der Waals surface area (Å²) in [4.78, 5) is 14.0. The molecule has 25 heavy (non-hydrogen) atoms. The first kappa shape index (κ1) is 17.2. The quantitative estimate of drug-likeness (QED) is 0.692. The average Bonchev–Trinajstić information content (AvgIpc) is 3.07. The monoisotopic (exact) mass is 357 g/mol. The normalized spacial score (nSPS) is 10.7. The van der Waals surface area contributed by atoms with Crippen molar-refractivity contribution in [2.24, 2.45) is 0 Å². The van der Waals surface area contributed by atoms with Gasteiger partial charge in [0, 0.05) is 30.4 Å². The van der Waals surface area contributed by atoms with Crippen LogP contribution in [0.2, 0.25) is 5.02 Å². The second-order valence-corrected chi connectivity index (χ2v) is 6.18. The SMILES string of the molecule is CN(Cc1c(F)cccc1Cl)C(=O)c1cnn(Cc2ccccc2)c1. The van der Waals surface area contributed by atoms with Gasteiger partial charge >= 0.3 is 0 Å². The fourth-order valence-electron chi connectivity index (χ4n) is 2.54. The first-order valence-corrected chi connectivity index (χ1v) is 8.17. The maximum absolute atomic E-state index is 13.9. The van der Waals surface area contributed by atoms with E-state index < -0.39 is 5.82 Å². The van der Waals surface area contributed by atoms with Crippen LogP contribution in [0, 0.1) is 5.82 Å². The van der Waals surface area contributed by atoms with Crippen molar-refractivity contribution >= 4 is 17.5 Å². The predicted molar refractivity (Wildman–Crippen MR) is 95.0 cm³/mol. The predicted octanol–water partition coefficient (Wildman–Crippen LogP) is 4.00. The average molecular weight is 358 g/mol. The standard InChI is InChI=1S/C19H17ClFN3O/c1-23(13-16-17(20)8-5-9-18(16)21)19(25)15-10-22-24(12-15)11-14-6-3-2-4-7-14/h2-10,12H,11,13H2,1H3. The van der Waals surface area contributed by atoms with Crippen LogP contribution in [0.4, 0.5) is 4.39 Å². The summed E-state index contributed by atoms with van der Waals surface area (Å²) in [6.45, 7) is 0.672. The Morgan fingerprint density at radius 1 is 1.20 bits per heavy atom. The minimum absolute atomic E-state index is 0.0915. The Morgan fingerprint density at radius 2 is 1.96 bits per heavy atom. The molecule has 0 atom stereocenters. The van der Waals surface area contributed by atoms with E-state index in [1.807, 2.05) is 30.3 Å². The number of hydrogen-bond donors (Lipinski definition) is 0. The zero-order valence-electron chi connectivity index (χ0n) is 13.7. The van der Waals surface area contributed by atoms with E-state index in [0.29, 0.717) is 22.7 Å². The van der Waals surface area contributed by atoms with Crippen molar-refractivity contribution in [3.05, 3.63) is 88.5 Å². The summed E-state index contributed by atoms with van der Waals surface area (Å²) in [5.41, 5.74) is 1.85. The Labute approximate surface area is 150 Å². The summed E-state index contributed by atoms with van der Waals surface area (Å²) in [6.07, 6.45) is 3.21. The number of aromatic nitrogens is 2. The third-order valence-corrected chi connectivity index (χ3v) is 4.23. The maximum atomic E-state index is 13.9. The molecule has 0 unspecified atom stereocenters. The van der Waals surface area contributed by atoms with E-state index in [4.69, 9.17) is 11.6 Å². The van der Waals surface area contributed by atoms with Gasteiger partial charge in [-0.2, -0.15) is 5.10 Å². The second kappa shape index (κ2) is 7.49. The van der Waals surface area contributed by atoms with Crippen molar-refractivity contribution in [1.29, 1.82) is 0 Å². The molecule has 0 radical (unpaired) electrons. The molecule has 2 aromatic carbocycles. The number of carbonyl (C=O) groups is 1. The highest BCUT2D eigenvalue weighted by Gasteiger charge is 2.17. The summed E-state index contributed by atoms with van der Waals surface area (Å²) < 4.78 is 15.6. The van der Waals surface area contributed by atoms with Gasteiger partial charge in [0.25, 0.3) is 5.91 Å². The Bertz CT molecular complexity index is 859. The van der Waals surface area contributed by atoms with Crippen molar-refractivity contribution in [1.82, 2.24) is 14.7 Å². The molecule has 0 bridgehead atoms. The van der Waals surface area contributed by atoms with Crippen molar-refractivity contribution in [3.63, 3.8) is 0 Å². The Balaban J connectivity index is 1.70. The minimum Gasteiger partial charge on any atom is -0.337 e. The number of rotatable bonds is 5. The molecular weight excluding hydrogens is 341 g/mol. The molecule has 1 aromatic heterocycles. The van der Waals surface area contributed by atoms with E-state index in [1.165, 1.54) is 23.2 Å². The molecule has 0 aliphatic rings. The molecular formula is C19H17ClFN3O. The third-order valence-electron chi connectivity index (χ3n) is 3.87. The topological polar surface area (TPSA) is 38.1 Å². The van der Waals surface area contributed by atoms with E-state index in [2.05, 4.69) is 5.10 Å². The van der Waals surface area contributed by atoms with Crippen LogP contribution in [0.3, 0.4) is 0 Å². The molecule has 0 spiro atoms. The fourth-order valence-corrected chi connectivity index (χ4v) is 2.77. The van der Waals surface area contributed by atoms with Crippen molar-refractivity contribution in [2.75, 3.05) is 7.05 Å². The molecule has 6 heteroatoms. The summed E-state index contributed by atoms with van der Waals surface area (Å²) in [5, 5.41) is 4.53. The van der Waals surface area contributed by atoms with Gasteiger partial charge in [-0.15, -0.1) is 0 Å². The highest BCUT2D eigenvalue weighted by atomic mass is 35.5. The lowest BCUT2D eigenvalue weighted by Crippen LogP contribution is -2.26. The molecule has 4 nitrogen and oxygen atoms in total. The molecule has 0 fully saturated rings. The number of carbonyl (C=O) groups excluding carboxylic acids is 1. The van der Waals surface area contributed by atoms with Crippen LogP contribution >= 0.6 is 11.6 Å². The van der Waals surface area contributed by atoms with Gasteiger partial charge in [-0.3, -0.25) is 9.48 Å². The number of benzene rings is 2. The Morgan fingerprint density at radius 3 is 2.68 bits per heavy atom. The smallest absolute Gasteiger partial charge is 0.257 e. The summed E-state index contributed by atoms with van der Waals surface area (Å²) in [7, 11) is 1.61. The lowest BCUT2D eigenvalue weighted by molar-refractivity contribution is 0.0784. The molecule has 0 saturated heterocycles. The molecule has 0 saturated carbocycles. The van der Waals surface area contributed by atoms with Gasteiger partial charge in [-0.05, 0) is 17.7 Å². The molecule has 0 N–H and O–H groups in total. The molecule has 3 aromatic rings. The first-order chi connectivity index (χ1) is 12.0. The van der Waals surface area contributed by atoms with Crippen LogP contribution in [-0.4, -0.2) is 27.6 Å². The van der Waals surface area contributed by atoms with E-state index in [9.17, 15) is 9.18 Å². The fraction of sp³-hybridized carbons (Fsp3) is 0.158. The van der Waals surface area contributed by atoms with Gasteiger partial charge in [0.05, 0.1) is 18.3 Å². The van der Waals surface area contributed by atoms with Crippen LogP contribution < -0.4 is 0 Å². The van der Waals surface area contributed by atoms with Gasteiger partial charge < -0.3 is 4.90 Å². The maximum Gasteiger partial charge on any atom is 0.257 e. The molecule has 1 amide bonds. The summed E-state index contributed by atoms with van der Waals surface area (Å²) in [5.74, 6) is -0.662. The first-order valence-electron chi connectivity index (χ1n) is 7.79. The molecule has 128 valence electrons. The van der Waals surface area contributed by atoms with Crippen molar-refractivity contribution in [3.8, 4) is 0 Å². The van der Waals surface area contributed by atoms with Gasteiger partial charge in [0.1, 0.15) is 5.82 Å². The third kappa shape index (κ3) is 4.06. The highest BCUT2D eigenvalue weighted by Crippen LogP contribution is 2.21. The molecule has 0 aliphatic carbocycles. The van der Waals surface area contributed by atoms with Gasteiger partial charge in [0.15, 0.2) is 0 Å². The van der Waals surface area contributed by atoms with Crippen LogP contribution in [0.25, 0.3) is 0 Å². The van der Waals surface area contributed by atoms with E-state index in [0.717, 1.165) is 5.56 Å². The lowest BCUT2D eigenvalue weighted by Gasteiger charge is -2.17. The van der Waals surface area contributed by atoms with Gasteiger partial charge in [-0.1, -0.05) is 48.0 Å². The van der Waals surface area contributed by atoms with Crippen molar-refractivity contribution < 1.29 is 9.18 Å². The number of halogens is 2. The number of nitrogens with zero attached hydrogens (tertiary/aromatic N) is 3. The second-order valence-electron chi connectivity index (χ2n) is 5.77. The Kier molecular flexibility index (Phi) is 5.14. The molecule has 3 rings (SSSR count). The van der Waals surface area contributed by atoms with E-state index in [1.54, 1.807) is 24.0 Å². The summed E-state index contributed by atoms with van der Waals surface area (Å²) >= 11 is 6.02. The molecule has 1 heterocycles. The zero-order valence-corrected chi connectivity index (χ0v) is 14.4. The van der Waals surface area contributed by atoms with Crippen LogP contribution in [0.15, 0.2) is 60.9 Å². The van der Waals surface area contributed by atoms with E-state index in [-0.39, 0.29) is 12.5 Å². The van der Waals surface area contributed by atoms with Gasteiger partial charge in [0.2, 0.25) is 0 Å². The van der Waals surface area contributed by atoms with E-state index >= 15 is 0 Å². The zero-order chi connectivity index (χ0) is 17.8. The summed E-state index contributed by atoms with van der Waals surface area (Å²) in [6, 6.07) is 14.3. The number of hydrogen-bond acceptors (Lipinski definition) is 2. The lowest BCUT2D eigenvalue weighted by atomic mass is 10.2. The van der Waals surface area contributed by atoms with Crippen LogP contribution in [0.1, 0.15) is 21.5 Å². The Hall–Kier alpha value is -2.66. The number of amides is 1. The highest BCUT2D eigenvalue weighted by molar-refractivity contribution is 6.31. The van der Waals surface area contributed by atoms with Crippen LogP contribution in [-0.2, 0) is 13.1 Å².